The highest BCUT2D eigenvalue weighted by Gasteiger charge is 2.34. The average molecular weight is 340 g/mol. The predicted molar refractivity (Wildman–Crippen MR) is 70.9 cm³/mol. The van der Waals surface area contributed by atoms with Gasteiger partial charge < -0.3 is 5.11 Å². The fourth-order valence-corrected chi connectivity index (χ4v) is 4.51. The minimum atomic E-state index is -2.99. The second-order valence-corrected chi connectivity index (χ2v) is 7.83. The van der Waals surface area contributed by atoms with E-state index in [1.165, 1.54) is 0 Å². The quantitative estimate of drug-likeness (QED) is 0.901. The van der Waals surface area contributed by atoms with Crippen LogP contribution in [-0.4, -0.2) is 25.0 Å². The number of hydrogen-bond acceptors (Lipinski definition) is 3. The lowest BCUT2D eigenvalue weighted by molar-refractivity contribution is 0.121. The van der Waals surface area contributed by atoms with Crippen LogP contribution in [0.5, 0.6) is 0 Å². The van der Waals surface area contributed by atoms with Crippen molar-refractivity contribution in [3.8, 4) is 0 Å². The second-order valence-electron chi connectivity index (χ2n) is 4.27. The molecule has 17 heavy (non-hydrogen) atoms. The maximum atomic E-state index is 11.4. The van der Waals surface area contributed by atoms with Gasteiger partial charge in [0.15, 0.2) is 9.84 Å². The molecule has 3 nitrogen and oxygen atoms in total. The molecule has 2 rings (SSSR count). The summed E-state index contributed by atoms with van der Waals surface area (Å²) in [6.07, 6.45) is -0.330. The Labute approximate surface area is 114 Å². The van der Waals surface area contributed by atoms with Crippen LogP contribution in [0.15, 0.2) is 22.7 Å². The molecule has 0 aliphatic carbocycles. The van der Waals surface area contributed by atoms with Crippen molar-refractivity contribution in [3.05, 3.63) is 33.3 Å². The molecule has 2 atom stereocenters. The molecule has 0 amide bonds. The molecule has 1 saturated heterocycles. The van der Waals surface area contributed by atoms with E-state index in [1.54, 1.807) is 18.2 Å². The summed E-state index contributed by atoms with van der Waals surface area (Å²) < 4.78 is 23.6. The monoisotopic (exact) mass is 338 g/mol. The van der Waals surface area contributed by atoms with Crippen LogP contribution in [-0.2, 0) is 9.84 Å². The van der Waals surface area contributed by atoms with Gasteiger partial charge in [-0.3, -0.25) is 0 Å². The Kier molecular flexibility index (Phi) is 3.83. The summed E-state index contributed by atoms with van der Waals surface area (Å²) in [6, 6.07) is 5.20. The minimum absolute atomic E-state index is 0.0387. The molecule has 6 heteroatoms. The number of rotatable bonds is 2. The summed E-state index contributed by atoms with van der Waals surface area (Å²) in [5.41, 5.74) is 0.586. The van der Waals surface area contributed by atoms with Crippen LogP contribution in [0.3, 0.4) is 0 Å². The Hall–Kier alpha value is -0.100. The van der Waals surface area contributed by atoms with Gasteiger partial charge in [0.1, 0.15) is 0 Å². The molecule has 0 spiro atoms. The molecule has 0 aromatic heterocycles. The van der Waals surface area contributed by atoms with Crippen LogP contribution in [0.4, 0.5) is 0 Å². The van der Waals surface area contributed by atoms with Crippen molar-refractivity contribution in [1.82, 2.24) is 0 Å². The standard InChI is InChI=1S/C11H12BrClO3S/c12-8-1-2-10(13)9(5-8)11(14)7-3-4-17(15,16)6-7/h1-2,5,7,11,14H,3-4,6H2. The second kappa shape index (κ2) is 4.88. The van der Waals surface area contributed by atoms with Crippen molar-refractivity contribution in [1.29, 1.82) is 0 Å². The van der Waals surface area contributed by atoms with E-state index in [1.807, 2.05) is 0 Å². The first-order valence-electron chi connectivity index (χ1n) is 5.22. The van der Waals surface area contributed by atoms with E-state index in [0.717, 1.165) is 4.47 Å². The van der Waals surface area contributed by atoms with Gasteiger partial charge in [-0.1, -0.05) is 27.5 Å². The summed E-state index contributed by atoms with van der Waals surface area (Å²) >= 11 is 9.32. The highest BCUT2D eigenvalue weighted by molar-refractivity contribution is 9.10. The van der Waals surface area contributed by atoms with Gasteiger partial charge in [0.25, 0.3) is 0 Å². The molecule has 1 aromatic carbocycles. The molecule has 1 fully saturated rings. The highest BCUT2D eigenvalue weighted by atomic mass is 79.9. The molecule has 94 valence electrons. The first kappa shape index (κ1) is 13.3. The first-order valence-corrected chi connectivity index (χ1v) is 8.22. The summed E-state index contributed by atoms with van der Waals surface area (Å²) in [6.45, 7) is 0. The minimum Gasteiger partial charge on any atom is -0.388 e. The molecule has 1 N–H and O–H groups in total. The first-order chi connectivity index (χ1) is 7.89. The molecule has 1 aliphatic rings. The van der Waals surface area contributed by atoms with Gasteiger partial charge in [-0.05, 0) is 24.6 Å². The highest BCUT2D eigenvalue weighted by Crippen LogP contribution is 2.35. The van der Waals surface area contributed by atoms with Gasteiger partial charge in [0.2, 0.25) is 0 Å². The van der Waals surface area contributed by atoms with E-state index in [-0.39, 0.29) is 17.4 Å². The van der Waals surface area contributed by atoms with Gasteiger partial charge in [-0.15, -0.1) is 0 Å². The maximum Gasteiger partial charge on any atom is 0.150 e. The zero-order chi connectivity index (χ0) is 12.6. The van der Waals surface area contributed by atoms with E-state index < -0.39 is 15.9 Å². The molecule has 1 aliphatic heterocycles. The average Bonchev–Trinajstić information content (AvgIpc) is 2.61. The molecule has 0 radical (unpaired) electrons. The molecular weight excluding hydrogens is 328 g/mol. The van der Waals surface area contributed by atoms with E-state index in [2.05, 4.69) is 15.9 Å². The number of benzene rings is 1. The SMILES string of the molecule is O=S1(=O)CCC(C(O)c2cc(Br)ccc2Cl)C1. The van der Waals surface area contributed by atoms with Crippen LogP contribution < -0.4 is 0 Å². The molecule has 1 aromatic rings. The normalized spacial score (nSPS) is 24.8. The van der Waals surface area contributed by atoms with Crippen molar-refractivity contribution in [2.24, 2.45) is 5.92 Å². The number of aliphatic hydroxyl groups is 1. The number of hydrogen-bond donors (Lipinski definition) is 1. The summed E-state index contributed by atoms with van der Waals surface area (Å²) in [5.74, 6) is -0.0658. The Balaban J connectivity index is 2.26. The van der Waals surface area contributed by atoms with E-state index >= 15 is 0 Å². The Morgan fingerprint density at radius 3 is 2.76 bits per heavy atom. The molecule has 0 bridgehead atoms. The number of halogens is 2. The van der Waals surface area contributed by atoms with E-state index in [4.69, 9.17) is 11.6 Å². The van der Waals surface area contributed by atoms with Crippen LogP contribution >= 0.6 is 27.5 Å². The van der Waals surface area contributed by atoms with Crippen molar-refractivity contribution in [3.63, 3.8) is 0 Å². The van der Waals surface area contributed by atoms with E-state index in [9.17, 15) is 13.5 Å². The summed E-state index contributed by atoms with van der Waals surface area (Å²) in [7, 11) is -2.99. The topological polar surface area (TPSA) is 54.4 Å². The molecule has 1 heterocycles. The number of aliphatic hydroxyl groups excluding tert-OH is 1. The molecule has 0 saturated carbocycles. The third-order valence-electron chi connectivity index (χ3n) is 2.99. The van der Waals surface area contributed by atoms with E-state index in [0.29, 0.717) is 17.0 Å². The Morgan fingerprint density at radius 1 is 1.47 bits per heavy atom. The van der Waals surface area contributed by atoms with Gasteiger partial charge in [-0.2, -0.15) is 0 Å². The largest absolute Gasteiger partial charge is 0.388 e. The zero-order valence-electron chi connectivity index (χ0n) is 8.94. The van der Waals surface area contributed by atoms with Crippen molar-refractivity contribution in [2.45, 2.75) is 12.5 Å². The van der Waals surface area contributed by atoms with Gasteiger partial charge in [0, 0.05) is 21.0 Å². The van der Waals surface area contributed by atoms with Crippen molar-refractivity contribution < 1.29 is 13.5 Å². The fraction of sp³-hybridized carbons (Fsp3) is 0.455. The summed E-state index contributed by atoms with van der Waals surface area (Å²) in [4.78, 5) is 0. The lowest BCUT2D eigenvalue weighted by atomic mass is 9.95. The van der Waals surface area contributed by atoms with Crippen LogP contribution in [0.1, 0.15) is 18.1 Å². The van der Waals surface area contributed by atoms with Gasteiger partial charge >= 0.3 is 0 Å². The summed E-state index contributed by atoms with van der Waals surface area (Å²) in [5, 5.41) is 10.7. The van der Waals surface area contributed by atoms with Crippen LogP contribution in [0.2, 0.25) is 5.02 Å². The number of sulfone groups is 1. The Morgan fingerprint density at radius 2 is 2.18 bits per heavy atom. The zero-order valence-corrected chi connectivity index (χ0v) is 12.1. The predicted octanol–water partition coefficient (Wildman–Crippen LogP) is 2.57. The van der Waals surface area contributed by atoms with Crippen LogP contribution in [0.25, 0.3) is 0 Å². The fourth-order valence-electron chi connectivity index (χ4n) is 2.07. The smallest absolute Gasteiger partial charge is 0.150 e. The van der Waals surface area contributed by atoms with Crippen molar-refractivity contribution >= 4 is 37.4 Å². The third-order valence-corrected chi connectivity index (χ3v) is 5.62. The molecular formula is C11H12BrClO3S. The van der Waals surface area contributed by atoms with Crippen LogP contribution in [0, 0.1) is 5.92 Å². The lowest BCUT2D eigenvalue weighted by Gasteiger charge is -2.18. The maximum absolute atomic E-state index is 11.4. The molecule has 2 unspecified atom stereocenters. The Bertz CT molecular complexity index is 530. The third kappa shape index (κ3) is 3.02. The van der Waals surface area contributed by atoms with Gasteiger partial charge in [0.05, 0.1) is 17.6 Å². The van der Waals surface area contributed by atoms with Crippen molar-refractivity contribution in [2.75, 3.05) is 11.5 Å². The lowest BCUT2D eigenvalue weighted by Crippen LogP contribution is -2.14. The van der Waals surface area contributed by atoms with Gasteiger partial charge in [-0.25, -0.2) is 8.42 Å².